The summed E-state index contributed by atoms with van der Waals surface area (Å²) in [5.74, 6) is 3.03. The van der Waals surface area contributed by atoms with Crippen LogP contribution in [0.4, 0.5) is 0 Å². The van der Waals surface area contributed by atoms with Gasteiger partial charge in [0.15, 0.2) is 0 Å². The predicted molar refractivity (Wildman–Crippen MR) is 91.5 cm³/mol. The summed E-state index contributed by atoms with van der Waals surface area (Å²) in [5, 5.41) is 0. The van der Waals surface area contributed by atoms with Crippen molar-refractivity contribution in [3.8, 4) is 0 Å². The van der Waals surface area contributed by atoms with Gasteiger partial charge in [0.1, 0.15) is 0 Å². The Bertz CT molecular complexity index is 209. The van der Waals surface area contributed by atoms with Gasteiger partial charge in [-0.1, -0.05) is 54.0 Å². The molecule has 0 aromatic carbocycles. The molecule has 0 bridgehead atoms. The lowest BCUT2D eigenvalue weighted by molar-refractivity contribution is 0.351. The lowest BCUT2D eigenvalue weighted by atomic mass is 9.91. The largest absolute Gasteiger partial charge is 0.106 e. The van der Waals surface area contributed by atoms with E-state index in [0.717, 1.165) is 17.8 Å². The molecule has 0 unspecified atom stereocenters. The van der Waals surface area contributed by atoms with E-state index in [1.165, 1.54) is 38.5 Å². The average Bonchev–Trinajstić information content (AvgIpc) is 3.19. The zero-order chi connectivity index (χ0) is 14.2. The van der Waals surface area contributed by atoms with Crippen LogP contribution in [0.5, 0.6) is 0 Å². The van der Waals surface area contributed by atoms with Crippen molar-refractivity contribution in [2.45, 2.75) is 73.6 Å². The fraction of sp³-hybridized carbons (Fsp3) is 0.789. The van der Waals surface area contributed by atoms with E-state index in [-0.39, 0.29) is 7.43 Å². The van der Waals surface area contributed by atoms with Crippen LogP contribution in [0.1, 0.15) is 73.6 Å². The molecular weight excluding hydrogens is 228 g/mol. The van der Waals surface area contributed by atoms with Gasteiger partial charge in [-0.2, -0.15) is 0 Å². The highest BCUT2D eigenvalue weighted by Crippen LogP contribution is 2.44. The van der Waals surface area contributed by atoms with Crippen LogP contribution in [0.15, 0.2) is 25.8 Å². The van der Waals surface area contributed by atoms with E-state index in [4.69, 9.17) is 0 Å². The first-order chi connectivity index (χ1) is 8.43. The molecule has 3 saturated carbocycles. The molecule has 19 heavy (non-hydrogen) atoms. The van der Waals surface area contributed by atoms with Gasteiger partial charge >= 0.3 is 0 Å². The lowest BCUT2D eigenvalue weighted by Gasteiger charge is -2.15. The Hall–Kier alpha value is -0.520. The SMILES string of the molecule is C.C=C.C=CC1CC1.CC(C)(C)C1CC1.CC1CC1. The topological polar surface area (TPSA) is 0 Å². The Kier molecular flexibility index (Phi) is 11.3. The van der Waals surface area contributed by atoms with Gasteiger partial charge in [-0.25, -0.2) is 0 Å². The van der Waals surface area contributed by atoms with Crippen molar-refractivity contribution in [2.75, 3.05) is 0 Å². The van der Waals surface area contributed by atoms with E-state index in [1.807, 2.05) is 6.08 Å². The smallest absolute Gasteiger partial charge is 0.0236 e. The van der Waals surface area contributed by atoms with Crippen LogP contribution in [-0.2, 0) is 0 Å². The molecule has 0 aliphatic heterocycles. The van der Waals surface area contributed by atoms with Gasteiger partial charge in [0, 0.05) is 0 Å². The van der Waals surface area contributed by atoms with Crippen LogP contribution in [-0.4, -0.2) is 0 Å². The summed E-state index contributed by atoms with van der Waals surface area (Å²) in [6.45, 7) is 18.9. The maximum absolute atomic E-state index is 3.62. The van der Waals surface area contributed by atoms with Crippen molar-refractivity contribution in [1.82, 2.24) is 0 Å². The summed E-state index contributed by atoms with van der Waals surface area (Å²) in [5.41, 5.74) is 0.611. The van der Waals surface area contributed by atoms with E-state index in [9.17, 15) is 0 Å². The van der Waals surface area contributed by atoms with E-state index in [2.05, 4.69) is 47.4 Å². The molecule has 3 aliphatic carbocycles. The van der Waals surface area contributed by atoms with E-state index >= 15 is 0 Å². The molecule has 0 aromatic rings. The first kappa shape index (κ1) is 20.8. The first-order valence-electron chi connectivity index (χ1n) is 7.56. The Morgan fingerprint density at radius 1 is 0.895 bits per heavy atom. The monoisotopic (exact) mass is 266 g/mol. The van der Waals surface area contributed by atoms with Crippen molar-refractivity contribution in [1.29, 1.82) is 0 Å². The van der Waals surface area contributed by atoms with Crippen LogP contribution < -0.4 is 0 Å². The second kappa shape index (κ2) is 10.3. The molecule has 0 aromatic heterocycles. The molecule has 0 spiro atoms. The molecule has 0 atom stereocenters. The number of rotatable bonds is 1. The number of hydrogen-bond donors (Lipinski definition) is 0. The predicted octanol–water partition coefficient (Wildman–Crippen LogP) is 6.88. The van der Waals surface area contributed by atoms with Gasteiger partial charge in [0.2, 0.25) is 0 Å². The number of hydrogen-bond acceptors (Lipinski definition) is 0. The third-order valence-corrected chi connectivity index (χ3v) is 3.62. The van der Waals surface area contributed by atoms with Gasteiger partial charge < -0.3 is 0 Å². The van der Waals surface area contributed by atoms with E-state index in [1.54, 1.807) is 0 Å². The molecule has 3 aliphatic rings. The third-order valence-electron chi connectivity index (χ3n) is 3.62. The third kappa shape index (κ3) is 15.4. The van der Waals surface area contributed by atoms with Crippen molar-refractivity contribution in [2.24, 2.45) is 23.2 Å². The molecule has 0 amide bonds. The zero-order valence-electron chi connectivity index (χ0n) is 13.2. The summed E-state index contributed by atoms with van der Waals surface area (Å²) < 4.78 is 0. The van der Waals surface area contributed by atoms with Crippen molar-refractivity contribution in [3.63, 3.8) is 0 Å². The molecule has 0 N–H and O–H groups in total. The fourth-order valence-corrected chi connectivity index (χ4v) is 1.45. The highest BCUT2D eigenvalue weighted by Gasteiger charge is 2.33. The molecule has 114 valence electrons. The summed E-state index contributed by atoms with van der Waals surface area (Å²) >= 11 is 0. The zero-order valence-corrected chi connectivity index (χ0v) is 13.2. The minimum absolute atomic E-state index is 0. The summed E-state index contributed by atoms with van der Waals surface area (Å²) in [6, 6.07) is 0. The number of allylic oxidation sites excluding steroid dienone is 1. The molecule has 3 rings (SSSR count). The second-order valence-electron chi connectivity index (χ2n) is 6.90. The second-order valence-corrected chi connectivity index (χ2v) is 6.90. The summed E-state index contributed by atoms with van der Waals surface area (Å²) in [4.78, 5) is 0. The quantitative estimate of drug-likeness (QED) is 0.454. The molecule has 0 saturated heterocycles. The van der Waals surface area contributed by atoms with E-state index < -0.39 is 0 Å². The van der Waals surface area contributed by atoms with Gasteiger partial charge in [0.05, 0.1) is 0 Å². The Morgan fingerprint density at radius 3 is 1.26 bits per heavy atom. The fourth-order valence-electron chi connectivity index (χ4n) is 1.45. The highest BCUT2D eigenvalue weighted by atomic mass is 14.4. The van der Waals surface area contributed by atoms with Crippen LogP contribution in [0.25, 0.3) is 0 Å². The van der Waals surface area contributed by atoms with E-state index in [0.29, 0.717) is 5.41 Å². The Balaban J connectivity index is 0. The minimum atomic E-state index is 0. The summed E-state index contributed by atoms with van der Waals surface area (Å²) in [6.07, 6.45) is 10.7. The van der Waals surface area contributed by atoms with Crippen LogP contribution in [0.2, 0.25) is 0 Å². The van der Waals surface area contributed by atoms with Crippen molar-refractivity contribution in [3.05, 3.63) is 25.8 Å². The molecule has 0 nitrogen and oxygen atoms in total. The lowest BCUT2D eigenvalue weighted by Crippen LogP contribution is -2.06. The minimum Gasteiger partial charge on any atom is -0.106 e. The highest BCUT2D eigenvalue weighted by molar-refractivity contribution is 4.88. The Labute approximate surface area is 123 Å². The standard InChI is InChI=1S/C7H14.C5H8.C4H8.C2H4.CH4/c1-7(2,3)6-4-5-6;1-2-5-3-4-5;1-4-2-3-4;1-2;/h6H,4-5H2,1-3H3;2,5H,1,3-4H2;4H,2-3H2,1H3;1-2H2;1H4. The Morgan fingerprint density at radius 2 is 1.26 bits per heavy atom. The van der Waals surface area contributed by atoms with Gasteiger partial charge in [-0.15, -0.1) is 19.7 Å². The van der Waals surface area contributed by atoms with Crippen LogP contribution in [0.3, 0.4) is 0 Å². The maximum Gasteiger partial charge on any atom is -0.0236 e. The first-order valence-corrected chi connectivity index (χ1v) is 7.56. The van der Waals surface area contributed by atoms with Crippen LogP contribution in [0, 0.1) is 23.2 Å². The van der Waals surface area contributed by atoms with Crippen molar-refractivity contribution >= 4 is 0 Å². The maximum atomic E-state index is 3.62. The molecule has 0 heterocycles. The molecule has 3 fully saturated rings. The van der Waals surface area contributed by atoms with Crippen molar-refractivity contribution < 1.29 is 0 Å². The molecule has 0 heteroatoms. The molecular formula is C19H38. The molecule has 0 radical (unpaired) electrons. The van der Waals surface area contributed by atoms with Gasteiger partial charge in [-0.3, -0.25) is 0 Å². The summed E-state index contributed by atoms with van der Waals surface area (Å²) in [7, 11) is 0. The van der Waals surface area contributed by atoms with Crippen LogP contribution >= 0.6 is 0 Å². The van der Waals surface area contributed by atoms with Gasteiger partial charge in [-0.05, 0) is 48.9 Å². The normalized spacial score (nSPS) is 20.0. The average molecular weight is 267 g/mol. The van der Waals surface area contributed by atoms with Gasteiger partial charge in [0.25, 0.3) is 0 Å².